The van der Waals surface area contributed by atoms with Gasteiger partial charge in [0.2, 0.25) is 0 Å². The van der Waals surface area contributed by atoms with Gasteiger partial charge in [-0.05, 0) is 56.0 Å². The van der Waals surface area contributed by atoms with Crippen molar-refractivity contribution in [1.29, 1.82) is 0 Å². The van der Waals surface area contributed by atoms with Gasteiger partial charge in [-0.2, -0.15) is 0 Å². The van der Waals surface area contributed by atoms with E-state index in [1.54, 1.807) is 0 Å². The first-order valence-electron chi connectivity index (χ1n) is 8.88. The first kappa shape index (κ1) is 16.1. The van der Waals surface area contributed by atoms with Crippen molar-refractivity contribution < 1.29 is 4.74 Å². The molecular weight excluding hydrogens is 318 g/mol. The molecule has 2 heterocycles. The van der Waals surface area contributed by atoms with Crippen molar-refractivity contribution in [2.45, 2.75) is 50.0 Å². The fourth-order valence-corrected chi connectivity index (χ4v) is 4.51. The molecule has 0 aliphatic carbocycles. The van der Waals surface area contributed by atoms with Crippen LogP contribution in [0.2, 0.25) is 5.02 Å². The molecule has 0 N–H and O–H groups in total. The maximum absolute atomic E-state index is 6.66. The summed E-state index contributed by atoms with van der Waals surface area (Å²) in [6, 6.07) is 19.9. The summed E-state index contributed by atoms with van der Waals surface area (Å²) in [4.78, 5) is 2.55. The summed E-state index contributed by atoms with van der Waals surface area (Å²) in [5.74, 6) is 0. The lowest BCUT2D eigenvalue weighted by molar-refractivity contribution is -0.0426. The first-order chi connectivity index (χ1) is 11.7. The highest BCUT2D eigenvalue weighted by molar-refractivity contribution is 6.30. The monoisotopic (exact) mass is 341 g/mol. The molecular formula is C21H24ClNO. The van der Waals surface area contributed by atoms with Crippen molar-refractivity contribution >= 4 is 11.6 Å². The molecule has 2 aromatic carbocycles. The summed E-state index contributed by atoms with van der Waals surface area (Å²) in [6.07, 6.45) is 5.18. The van der Waals surface area contributed by atoms with Crippen molar-refractivity contribution in [3.63, 3.8) is 0 Å². The number of hydrogen-bond donors (Lipinski definition) is 0. The Kier molecular flexibility index (Phi) is 4.62. The predicted octanol–water partition coefficient (Wildman–Crippen LogP) is 5.07. The fraction of sp³-hybridized carbons (Fsp3) is 0.429. The Labute approximate surface area is 149 Å². The Morgan fingerprint density at radius 1 is 0.958 bits per heavy atom. The topological polar surface area (TPSA) is 12.5 Å². The minimum atomic E-state index is -0.0438. The average molecular weight is 342 g/mol. The van der Waals surface area contributed by atoms with E-state index in [1.807, 2.05) is 24.3 Å². The van der Waals surface area contributed by atoms with Gasteiger partial charge in [0.1, 0.15) is 6.10 Å². The molecule has 0 amide bonds. The maximum atomic E-state index is 6.66. The van der Waals surface area contributed by atoms with Crippen LogP contribution in [0.25, 0.3) is 0 Å². The van der Waals surface area contributed by atoms with E-state index in [9.17, 15) is 0 Å². The van der Waals surface area contributed by atoms with Crippen LogP contribution in [-0.2, 0) is 4.74 Å². The van der Waals surface area contributed by atoms with E-state index in [0.29, 0.717) is 18.2 Å². The van der Waals surface area contributed by atoms with Gasteiger partial charge >= 0.3 is 0 Å². The van der Waals surface area contributed by atoms with Gasteiger partial charge in [0.05, 0.1) is 6.10 Å². The minimum absolute atomic E-state index is 0.0438. The Morgan fingerprint density at radius 2 is 1.62 bits per heavy atom. The van der Waals surface area contributed by atoms with E-state index in [0.717, 1.165) is 23.4 Å². The highest BCUT2D eigenvalue weighted by atomic mass is 35.5. The summed E-state index contributed by atoms with van der Waals surface area (Å²) in [5.41, 5.74) is 2.34. The van der Waals surface area contributed by atoms with Gasteiger partial charge in [-0.25, -0.2) is 0 Å². The SMILES string of the molecule is CN1[C@@H]2CC[C@H]1CC(OC(c1ccccc1)c1cccc(Cl)c1)C2. The molecule has 2 aliphatic heterocycles. The van der Waals surface area contributed by atoms with Gasteiger partial charge in [0.25, 0.3) is 0 Å². The summed E-state index contributed by atoms with van der Waals surface area (Å²) < 4.78 is 6.66. The molecule has 2 nitrogen and oxygen atoms in total. The van der Waals surface area contributed by atoms with Crippen molar-refractivity contribution in [3.8, 4) is 0 Å². The number of piperidine rings is 1. The molecule has 2 bridgehead atoms. The van der Waals surface area contributed by atoms with Crippen LogP contribution < -0.4 is 0 Å². The number of ether oxygens (including phenoxy) is 1. The second-order valence-electron chi connectivity index (χ2n) is 7.13. The zero-order valence-corrected chi connectivity index (χ0v) is 14.8. The van der Waals surface area contributed by atoms with Crippen LogP contribution in [0.15, 0.2) is 54.6 Å². The third-order valence-electron chi connectivity index (χ3n) is 5.64. The van der Waals surface area contributed by atoms with Crippen LogP contribution in [0.1, 0.15) is 42.9 Å². The third kappa shape index (κ3) is 3.23. The smallest absolute Gasteiger partial charge is 0.108 e. The normalized spacial score (nSPS) is 28.0. The zero-order chi connectivity index (χ0) is 16.5. The van der Waals surface area contributed by atoms with Crippen LogP contribution in [0, 0.1) is 0 Å². The first-order valence-corrected chi connectivity index (χ1v) is 9.26. The van der Waals surface area contributed by atoms with E-state index in [2.05, 4.69) is 42.3 Å². The number of nitrogens with zero attached hydrogens (tertiary/aromatic N) is 1. The molecule has 24 heavy (non-hydrogen) atoms. The van der Waals surface area contributed by atoms with E-state index in [1.165, 1.54) is 18.4 Å². The molecule has 0 saturated carbocycles. The van der Waals surface area contributed by atoms with Crippen molar-refractivity contribution in [2.75, 3.05) is 7.05 Å². The number of fused-ring (bicyclic) bond motifs is 2. The Bertz CT molecular complexity index is 675. The van der Waals surface area contributed by atoms with Crippen LogP contribution >= 0.6 is 11.6 Å². The summed E-state index contributed by atoms with van der Waals surface area (Å²) in [5, 5.41) is 0.764. The van der Waals surface area contributed by atoms with Crippen molar-refractivity contribution in [2.24, 2.45) is 0 Å². The number of halogens is 1. The summed E-state index contributed by atoms with van der Waals surface area (Å²) in [7, 11) is 2.27. The molecule has 4 atom stereocenters. The third-order valence-corrected chi connectivity index (χ3v) is 5.87. The van der Waals surface area contributed by atoms with Gasteiger partial charge < -0.3 is 9.64 Å². The largest absolute Gasteiger partial charge is 0.365 e. The molecule has 0 radical (unpaired) electrons. The molecule has 0 aromatic heterocycles. The van der Waals surface area contributed by atoms with Gasteiger partial charge in [-0.15, -0.1) is 0 Å². The van der Waals surface area contributed by atoms with Crippen LogP contribution in [0.4, 0.5) is 0 Å². The Balaban J connectivity index is 1.59. The number of benzene rings is 2. The predicted molar refractivity (Wildman–Crippen MR) is 98.4 cm³/mol. The van der Waals surface area contributed by atoms with Crippen molar-refractivity contribution in [1.82, 2.24) is 4.90 Å². The standard InChI is InChI=1S/C21H24ClNO/c1-23-18-10-11-19(23)14-20(13-18)24-21(15-6-3-2-4-7-15)16-8-5-9-17(22)12-16/h2-9,12,18-21H,10-11,13-14H2,1H3/t18-,19+,20?,21?. The van der Waals surface area contributed by atoms with E-state index in [-0.39, 0.29) is 6.10 Å². The Morgan fingerprint density at radius 3 is 2.29 bits per heavy atom. The van der Waals surface area contributed by atoms with E-state index < -0.39 is 0 Å². The van der Waals surface area contributed by atoms with E-state index >= 15 is 0 Å². The van der Waals surface area contributed by atoms with Gasteiger partial charge in [-0.1, -0.05) is 54.1 Å². The second-order valence-corrected chi connectivity index (χ2v) is 7.56. The summed E-state index contributed by atoms with van der Waals surface area (Å²) in [6.45, 7) is 0. The molecule has 2 unspecified atom stereocenters. The van der Waals surface area contributed by atoms with Crippen molar-refractivity contribution in [3.05, 3.63) is 70.7 Å². The van der Waals surface area contributed by atoms with Crippen LogP contribution in [0.3, 0.4) is 0 Å². The Hall–Kier alpha value is -1.35. The molecule has 0 spiro atoms. The van der Waals surface area contributed by atoms with Gasteiger partial charge in [-0.3, -0.25) is 0 Å². The van der Waals surface area contributed by atoms with E-state index in [4.69, 9.17) is 16.3 Å². The fourth-order valence-electron chi connectivity index (χ4n) is 4.31. The maximum Gasteiger partial charge on any atom is 0.108 e. The average Bonchev–Trinajstić information content (AvgIpc) is 2.82. The highest BCUT2D eigenvalue weighted by Gasteiger charge is 2.39. The molecule has 2 aliphatic rings. The van der Waals surface area contributed by atoms with Crippen LogP contribution in [0.5, 0.6) is 0 Å². The number of hydrogen-bond acceptors (Lipinski definition) is 2. The zero-order valence-electron chi connectivity index (χ0n) is 14.1. The van der Waals surface area contributed by atoms with Gasteiger partial charge in [0, 0.05) is 17.1 Å². The lowest BCUT2D eigenvalue weighted by Gasteiger charge is -2.38. The lowest BCUT2D eigenvalue weighted by atomic mass is 9.97. The summed E-state index contributed by atoms with van der Waals surface area (Å²) >= 11 is 6.23. The quantitative estimate of drug-likeness (QED) is 0.769. The molecule has 3 heteroatoms. The molecule has 126 valence electrons. The molecule has 2 fully saturated rings. The van der Waals surface area contributed by atoms with Gasteiger partial charge in [0.15, 0.2) is 0 Å². The highest BCUT2D eigenvalue weighted by Crippen LogP contribution is 2.38. The molecule has 2 saturated heterocycles. The minimum Gasteiger partial charge on any atom is -0.365 e. The molecule has 2 aromatic rings. The second kappa shape index (κ2) is 6.87. The molecule has 4 rings (SSSR count). The van der Waals surface area contributed by atoms with Crippen LogP contribution in [-0.4, -0.2) is 30.1 Å². The lowest BCUT2D eigenvalue weighted by Crippen LogP contribution is -2.43. The number of rotatable bonds is 4.